The van der Waals surface area contributed by atoms with Gasteiger partial charge in [-0.15, -0.1) is 0 Å². The summed E-state index contributed by atoms with van der Waals surface area (Å²) in [5.74, 6) is 0.450. The maximum atomic E-state index is 11.9. The number of carbonyl (C=O) groups excluding carboxylic acids is 1. The van der Waals surface area contributed by atoms with Gasteiger partial charge in [0.1, 0.15) is 11.1 Å². The lowest BCUT2D eigenvalue weighted by atomic mass is 9.78. The average molecular weight is 213 g/mol. The normalized spacial score (nSPS) is 32.5. The number of hydrogen-bond acceptors (Lipinski definition) is 3. The highest BCUT2D eigenvalue weighted by atomic mass is 16.6. The molecule has 0 unspecified atom stereocenters. The molecule has 1 aliphatic rings. The largest absolute Gasteiger partial charge is 0.459 e. The molecule has 0 amide bonds. The van der Waals surface area contributed by atoms with Gasteiger partial charge in [-0.25, -0.2) is 0 Å². The van der Waals surface area contributed by atoms with Gasteiger partial charge in [-0.05, 0) is 52.4 Å². The molecule has 2 N–H and O–H groups in total. The van der Waals surface area contributed by atoms with Crippen LogP contribution in [-0.2, 0) is 9.53 Å². The fourth-order valence-corrected chi connectivity index (χ4v) is 1.86. The van der Waals surface area contributed by atoms with Gasteiger partial charge < -0.3 is 10.5 Å². The summed E-state index contributed by atoms with van der Waals surface area (Å²) in [7, 11) is 0. The van der Waals surface area contributed by atoms with Crippen LogP contribution in [0.5, 0.6) is 0 Å². The van der Waals surface area contributed by atoms with Crippen molar-refractivity contribution >= 4 is 5.97 Å². The quantitative estimate of drug-likeness (QED) is 0.680. The Hall–Kier alpha value is -0.570. The molecule has 3 heteroatoms. The second-order valence-electron chi connectivity index (χ2n) is 5.84. The minimum absolute atomic E-state index is 0.234. The van der Waals surface area contributed by atoms with Crippen molar-refractivity contribution in [2.45, 2.75) is 64.5 Å². The van der Waals surface area contributed by atoms with Crippen LogP contribution in [0.15, 0.2) is 0 Å². The van der Waals surface area contributed by atoms with Crippen LogP contribution in [0.4, 0.5) is 0 Å². The molecule has 0 atom stereocenters. The number of esters is 1. The average Bonchev–Trinajstić information content (AvgIpc) is 2.07. The smallest absolute Gasteiger partial charge is 0.326 e. The van der Waals surface area contributed by atoms with Gasteiger partial charge in [-0.2, -0.15) is 0 Å². The van der Waals surface area contributed by atoms with E-state index in [1.807, 2.05) is 20.8 Å². The van der Waals surface area contributed by atoms with Crippen molar-refractivity contribution in [2.75, 3.05) is 0 Å². The van der Waals surface area contributed by atoms with Gasteiger partial charge in [0.2, 0.25) is 0 Å². The summed E-state index contributed by atoms with van der Waals surface area (Å²) in [4.78, 5) is 11.9. The van der Waals surface area contributed by atoms with E-state index < -0.39 is 11.1 Å². The van der Waals surface area contributed by atoms with Gasteiger partial charge in [-0.3, -0.25) is 4.79 Å². The van der Waals surface area contributed by atoms with Crippen molar-refractivity contribution in [1.82, 2.24) is 0 Å². The Morgan fingerprint density at radius 1 is 1.33 bits per heavy atom. The van der Waals surface area contributed by atoms with Gasteiger partial charge in [0, 0.05) is 0 Å². The van der Waals surface area contributed by atoms with Gasteiger partial charge >= 0.3 is 5.97 Å². The molecule has 0 aromatic heterocycles. The first-order valence-electron chi connectivity index (χ1n) is 5.75. The minimum atomic E-state index is -0.736. The maximum absolute atomic E-state index is 11.9. The number of hydrogen-bond donors (Lipinski definition) is 1. The van der Waals surface area contributed by atoms with Crippen LogP contribution < -0.4 is 5.73 Å². The van der Waals surface area contributed by atoms with Crippen LogP contribution >= 0.6 is 0 Å². The van der Waals surface area contributed by atoms with E-state index in [2.05, 4.69) is 6.92 Å². The minimum Gasteiger partial charge on any atom is -0.459 e. The van der Waals surface area contributed by atoms with E-state index in [4.69, 9.17) is 10.5 Å². The first kappa shape index (κ1) is 12.5. The molecule has 0 saturated heterocycles. The molecule has 1 rings (SSSR count). The predicted octanol–water partition coefficient (Wildman–Crippen LogP) is 2.24. The second kappa shape index (κ2) is 4.12. The van der Waals surface area contributed by atoms with Crippen molar-refractivity contribution < 1.29 is 9.53 Å². The SMILES string of the molecule is CC1CCC(N)(C(=O)OC(C)(C)C)CC1. The van der Waals surface area contributed by atoms with Crippen LogP contribution in [0.2, 0.25) is 0 Å². The Morgan fingerprint density at radius 3 is 2.20 bits per heavy atom. The van der Waals surface area contributed by atoms with Gasteiger partial charge in [0.25, 0.3) is 0 Å². The number of carbonyl (C=O) groups is 1. The maximum Gasteiger partial charge on any atom is 0.326 e. The number of ether oxygens (including phenoxy) is 1. The molecule has 0 spiro atoms. The van der Waals surface area contributed by atoms with Gasteiger partial charge in [0.15, 0.2) is 0 Å². The molecular weight excluding hydrogens is 190 g/mol. The summed E-state index contributed by atoms with van der Waals surface area (Å²) in [6, 6.07) is 0. The van der Waals surface area contributed by atoms with E-state index >= 15 is 0 Å². The molecule has 0 heterocycles. The highest BCUT2D eigenvalue weighted by molar-refractivity contribution is 5.81. The van der Waals surface area contributed by atoms with E-state index in [-0.39, 0.29) is 5.97 Å². The van der Waals surface area contributed by atoms with E-state index in [1.54, 1.807) is 0 Å². The molecule has 0 aromatic carbocycles. The summed E-state index contributed by atoms with van der Waals surface area (Å²) in [6.07, 6.45) is 3.55. The van der Waals surface area contributed by atoms with Crippen molar-refractivity contribution in [3.63, 3.8) is 0 Å². The second-order valence-corrected chi connectivity index (χ2v) is 5.84. The fraction of sp³-hybridized carbons (Fsp3) is 0.917. The van der Waals surface area contributed by atoms with Crippen LogP contribution in [0.25, 0.3) is 0 Å². The Labute approximate surface area is 92.4 Å². The third kappa shape index (κ3) is 3.49. The Bertz CT molecular complexity index is 234. The Kier molecular flexibility index (Phi) is 3.44. The highest BCUT2D eigenvalue weighted by Crippen LogP contribution is 2.31. The topological polar surface area (TPSA) is 52.3 Å². The summed E-state index contributed by atoms with van der Waals surface area (Å²) in [5.41, 5.74) is 4.92. The van der Waals surface area contributed by atoms with Crippen molar-refractivity contribution in [1.29, 1.82) is 0 Å². The van der Waals surface area contributed by atoms with Crippen LogP contribution in [-0.4, -0.2) is 17.1 Å². The van der Waals surface area contributed by atoms with Crippen molar-refractivity contribution in [2.24, 2.45) is 11.7 Å². The zero-order chi connectivity index (χ0) is 11.7. The lowest BCUT2D eigenvalue weighted by molar-refractivity contribution is -0.163. The molecule has 88 valence electrons. The molecule has 15 heavy (non-hydrogen) atoms. The predicted molar refractivity (Wildman–Crippen MR) is 60.4 cm³/mol. The summed E-state index contributed by atoms with van der Waals surface area (Å²) in [5, 5.41) is 0. The van der Waals surface area contributed by atoms with E-state index in [0.29, 0.717) is 5.92 Å². The van der Waals surface area contributed by atoms with Crippen LogP contribution in [0, 0.1) is 5.92 Å². The third-order valence-electron chi connectivity index (χ3n) is 2.97. The molecule has 1 aliphatic carbocycles. The van der Waals surface area contributed by atoms with Gasteiger partial charge in [-0.1, -0.05) is 6.92 Å². The molecule has 1 saturated carbocycles. The number of rotatable bonds is 1. The highest BCUT2D eigenvalue weighted by Gasteiger charge is 2.40. The summed E-state index contributed by atoms with van der Waals surface area (Å²) in [6.45, 7) is 7.83. The number of nitrogens with two attached hydrogens (primary N) is 1. The zero-order valence-electron chi connectivity index (χ0n) is 10.3. The first-order valence-corrected chi connectivity index (χ1v) is 5.75. The first-order chi connectivity index (χ1) is 6.73. The molecule has 3 nitrogen and oxygen atoms in total. The molecule has 0 aromatic rings. The third-order valence-corrected chi connectivity index (χ3v) is 2.97. The van der Waals surface area contributed by atoms with Crippen LogP contribution in [0.3, 0.4) is 0 Å². The molecule has 0 radical (unpaired) electrons. The van der Waals surface area contributed by atoms with Crippen molar-refractivity contribution in [3.8, 4) is 0 Å². The van der Waals surface area contributed by atoms with E-state index in [0.717, 1.165) is 25.7 Å². The van der Waals surface area contributed by atoms with Crippen LogP contribution in [0.1, 0.15) is 53.4 Å². The summed E-state index contributed by atoms with van der Waals surface area (Å²) >= 11 is 0. The van der Waals surface area contributed by atoms with Gasteiger partial charge in [0.05, 0.1) is 0 Å². The fourth-order valence-electron chi connectivity index (χ4n) is 1.86. The molecule has 0 bridgehead atoms. The lowest BCUT2D eigenvalue weighted by Gasteiger charge is -2.36. The molecule has 0 aliphatic heterocycles. The van der Waals surface area contributed by atoms with Crippen molar-refractivity contribution in [3.05, 3.63) is 0 Å². The zero-order valence-corrected chi connectivity index (χ0v) is 10.3. The Morgan fingerprint density at radius 2 is 1.80 bits per heavy atom. The molecule has 1 fully saturated rings. The van der Waals surface area contributed by atoms with E-state index in [9.17, 15) is 4.79 Å². The molecular formula is C12H23NO2. The summed E-state index contributed by atoms with van der Waals surface area (Å²) < 4.78 is 5.35. The van der Waals surface area contributed by atoms with E-state index in [1.165, 1.54) is 0 Å². The lowest BCUT2D eigenvalue weighted by Crippen LogP contribution is -2.52. The standard InChI is InChI=1S/C12H23NO2/c1-9-5-7-12(13,8-6-9)10(14)15-11(2,3)4/h9H,5-8,13H2,1-4H3. The monoisotopic (exact) mass is 213 g/mol. The Balaban J connectivity index is 2.58.